The molecule has 0 saturated carbocycles. The first kappa shape index (κ1) is 28.3. The number of nitrogens with zero attached hydrogens (tertiary/aromatic N) is 4. The molecule has 2 N–H and O–H groups in total. The van der Waals surface area contributed by atoms with E-state index < -0.39 is 6.36 Å². The first-order valence-corrected chi connectivity index (χ1v) is 14.9. The fourth-order valence-corrected chi connectivity index (χ4v) is 6.68. The van der Waals surface area contributed by atoms with Crippen LogP contribution >= 0.6 is 11.8 Å². The van der Waals surface area contributed by atoms with E-state index in [-0.39, 0.29) is 11.2 Å². The van der Waals surface area contributed by atoms with Crippen molar-refractivity contribution in [2.45, 2.75) is 38.0 Å². The average Bonchev–Trinajstić information content (AvgIpc) is 3.41. The molecule has 4 aromatic carbocycles. The molecule has 0 radical (unpaired) electrons. The monoisotopic (exact) mass is 590 g/mol. The van der Waals surface area contributed by atoms with Crippen LogP contribution in [-0.4, -0.2) is 39.9 Å². The Morgan fingerprint density at radius 3 is 2.60 bits per heavy atom. The first-order chi connectivity index (χ1) is 20.1. The number of quaternary nitrogens is 1. The lowest BCUT2D eigenvalue weighted by atomic mass is 10.00. The number of halogens is 3. The number of alkyl halides is 3. The van der Waals surface area contributed by atoms with Gasteiger partial charge in [-0.05, 0) is 53.3 Å². The van der Waals surface area contributed by atoms with Gasteiger partial charge in [-0.1, -0.05) is 67.1 Å². The van der Waals surface area contributed by atoms with Crippen LogP contribution in [0.15, 0.2) is 90.3 Å². The van der Waals surface area contributed by atoms with Crippen LogP contribution < -0.4 is 15.1 Å². The van der Waals surface area contributed by atoms with Gasteiger partial charge in [0.05, 0.1) is 17.2 Å². The van der Waals surface area contributed by atoms with Crippen LogP contribution in [0.4, 0.5) is 18.9 Å². The lowest BCUT2D eigenvalue weighted by molar-refractivity contribution is -0.274. The molecule has 6 rings (SSSR count). The Balaban J connectivity index is 1.34. The maximum Gasteiger partial charge on any atom is 0.573 e. The predicted molar refractivity (Wildman–Crippen MR) is 165 cm³/mol. The highest BCUT2D eigenvalue weighted by Crippen LogP contribution is 2.40. The van der Waals surface area contributed by atoms with Crippen molar-refractivity contribution in [1.82, 2.24) is 14.1 Å². The number of benzene rings is 4. The Morgan fingerprint density at radius 2 is 1.86 bits per heavy atom. The van der Waals surface area contributed by atoms with Gasteiger partial charge >= 0.3 is 6.36 Å². The normalized spacial score (nSPS) is 19.7. The molecule has 1 aliphatic rings. The van der Waals surface area contributed by atoms with Crippen molar-refractivity contribution in [3.05, 3.63) is 96.3 Å². The number of ether oxygens (including phenoxy) is 1. The van der Waals surface area contributed by atoms with E-state index in [0.717, 1.165) is 51.8 Å². The summed E-state index contributed by atoms with van der Waals surface area (Å²) in [4.78, 5) is 4.64. The highest BCUT2D eigenvalue weighted by atomic mass is 32.2. The minimum absolute atomic E-state index is 0.201. The van der Waals surface area contributed by atoms with Crippen molar-refractivity contribution in [2.75, 3.05) is 12.3 Å². The number of para-hydroxylation sites is 1. The molecule has 2 unspecified atom stereocenters. The van der Waals surface area contributed by atoms with Gasteiger partial charge in [0.2, 0.25) is 5.50 Å². The van der Waals surface area contributed by atoms with E-state index in [9.17, 15) is 13.2 Å². The van der Waals surface area contributed by atoms with Gasteiger partial charge in [0.1, 0.15) is 18.6 Å². The van der Waals surface area contributed by atoms with E-state index >= 15 is 0 Å². The van der Waals surface area contributed by atoms with Gasteiger partial charge in [0.15, 0.2) is 5.69 Å². The lowest BCUT2D eigenvalue weighted by Crippen LogP contribution is -2.58. The zero-order valence-electron chi connectivity index (χ0n) is 23.3. The van der Waals surface area contributed by atoms with Crippen molar-refractivity contribution < 1.29 is 17.9 Å². The quantitative estimate of drug-likeness (QED) is 0.161. The van der Waals surface area contributed by atoms with Crippen molar-refractivity contribution in [1.29, 1.82) is 0 Å². The van der Waals surface area contributed by atoms with Crippen LogP contribution in [0, 0.1) is 0 Å². The molecule has 5 aromatic rings. The zero-order valence-corrected chi connectivity index (χ0v) is 24.1. The van der Waals surface area contributed by atoms with Gasteiger partial charge in [-0.2, -0.15) is 0 Å². The molecule has 42 heavy (non-hydrogen) atoms. The minimum Gasteiger partial charge on any atom is -0.406 e. The molecule has 0 aliphatic carbocycles. The van der Waals surface area contributed by atoms with Crippen molar-refractivity contribution >= 4 is 45.5 Å². The second-order valence-corrected chi connectivity index (χ2v) is 11.9. The topological polar surface area (TPSA) is 65.4 Å². The summed E-state index contributed by atoms with van der Waals surface area (Å²) in [5.41, 5.74) is 12.3. The standard InChI is InChI=1S/C32H31F3N5OS/c1-21(2)26-6-3-4-7-29(26)40(16-5-17-42-31(40)36)38-19-22-8-14-27-23(18-22)9-15-28-30(27)37-20-39(28)24-10-12-25(13-11-24)41-32(33,34)35/h3-4,6-15,18-21,31H,5,16-17,36H2,1-2H3/q+1/b38-19+. The number of nitrogens with two attached hydrogens (primary N) is 1. The summed E-state index contributed by atoms with van der Waals surface area (Å²) < 4.78 is 43.8. The minimum atomic E-state index is -4.73. The van der Waals surface area contributed by atoms with Crippen LogP contribution in [0.5, 0.6) is 5.75 Å². The highest BCUT2D eigenvalue weighted by molar-refractivity contribution is 7.99. The van der Waals surface area contributed by atoms with E-state index in [1.54, 1.807) is 30.2 Å². The summed E-state index contributed by atoms with van der Waals surface area (Å²) in [6, 6.07) is 24.4. The largest absolute Gasteiger partial charge is 0.573 e. The molecule has 0 spiro atoms. The van der Waals surface area contributed by atoms with Gasteiger partial charge < -0.3 is 4.74 Å². The van der Waals surface area contributed by atoms with Gasteiger partial charge in [0.25, 0.3) is 0 Å². The van der Waals surface area contributed by atoms with E-state index in [0.29, 0.717) is 16.2 Å². The average molecular weight is 591 g/mol. The van der Waals surface area contributed by atoms with Crippen molar-refractivity contribution in [2.24, 2.45) is 10.8 Å². The van der Waals surface area contributed by atoms with E-state index in [1.165, 1.54) is 17.7 Å². The van der Waals surface area contributed by atoms with Crippen molar-refractivity contribution in [3.63, 3.8) is 0 Å². The smallest absolute Gasteiger partial charge is 0.406 e. The van der Waals surface area contributed by atoms with E-state index in [4.69, 9.17) is 10.8 Å². The molecular formula is C32H31F3N5OS+. The maximum atomic E-state index is 12.5. The molecule has 0 amide bonds. The Morgan fingerprint density at radius 1 is 1.07 bits per heavy atom. The molecule has 1 aromatic heterocycles. The Labute approximate surface area is 246 Å². The summed E-state index contributed by atoms with van der Waals surface area (Å²) >= 11 is 1.75. The van der Waals surface area contributed by atoms with Crippen LogP contribution in [0.1, 0.15) is 37.3 Å². The number of aromatic nitrogens is 2. The number of imidazole rings is 1. The molecule has 10 heteroatoms. The van der Waals surface area contributed by atoms with Crippen LogP contribution in [0.25, 0.3) is 27.5 Å². The van der Waals surface area contributed by atoms with E-state index in [1.807, 2.05) is 35.0 Å². The third-order valence-corrected chi connectivity index (χ3v) is 8.86. The van der Waals surface area contributed by atoms with Gasteiger partial charge in [-0.3, -0.25) is 10.3 Å². The highest BCUT2D eigenvalue weighted by Gasteiger charge is 2.42. The number of thioether (sulfide) groups is 1. The molecule has 2 atom stereocenters. The predicted octanol–water partition coefficient (Wildman–Crippen LogP) is 7.92. The second-order valence-electron chi connectivity index (χ2n) is 10.7. The van der Waals surface area contributed by atoms with E-state index in [2.05, 4.69) is 53.9 Å². The lowest BCUT2D eigenvalue weighted by Gasteiger charge is -2.40. The number of hydrogen-bond donors (Lipinski definition) is 1. The molecule has 2 heterocycles. The zero-order chi connectivity index (χ0) is 29.5. The molecule has 6 nitrogen and oxygen atoms in total. The summed E-state index contributed by atoms with van der Waals surface area (Å²) in [6.45, 7) is 5.23. The summed E-state index contributed by atoms with van der Waals surface area (Å²) in [7, 11) is 0. The Bertz CT molecular complexity index is 1770. The van der Waals surface area contributed by atoms with Gasteiger partial charge in [-0.15, -0.1) is 17.8 Å². The molecular weight excluding hydrogens is 559 g/mol. The molecule has 216 valence electrons. The van der Waals surface area contributed by atoms with Gasteiger partial charge in [-0.25, -0.2) is 4.98 Å². The van der Waals surface area contributed by atoms with Gasteiger partial charge in [0, 0.05) is 34.9 Å². The SMILES string of the molecule is CC(C)c1ccccc1[N+]1(/N=C/c2ccc3c(ccc4c3ncn4-c3ccc(OC(F)(F)F)cc3)c2)CCCSC1N. The van der Waals surface area contributed by atoms with Crippen LogP contribution in [0.2, 0.25) is 0 Å². The van der Waals surface area contributed by atoms with Crippen LogP contribution in [-0.2, 0) is 0 Å². The Kier molecular flexibility index (Phi) is 7.46. The fraction of sp³-hybridized carbons (Fsp3) is 0.250. The molecule has 0 bridgehead atoms. The summed E-state index contributed by atoms with van der Waals surface area (Å²) in [6.07, 6.45) is -0.103. The molecule has 1 saturated heterocycles. The fourth-order valence-electron chi connectivity index (χ4n) is 5.62. The number of fused-ring (bicyclic) bond motifs is 3. The summed E-state index contributed by atoms with van der Waals surface area (Å²) in [5, 5.41) is 7.17. The van der Waals surface area contributed by atoms with Crippen molar-refractivity contribution in [3.8, 4) is 11.4 Å². The first-order valence-electron chi connectivity index (χ1n) is 13.8. The number of rotatable bonds is 6. The van der Waals surface area contributed by atoms with Crippen LogP contribution in [0.3, 0.4) is 0 Å². The Hall–Kier alpha value is -3.86. The molecule has 1 fully saturated rings. The maximum absolute atomic E-state index is 12.5. The third-order valence-electron chi connectivity index (χ3n) is 7.65. The number of hydrogen-bond acceptors (Lipinski definition) is 5. The second kappa shape index (κ2) is 11.1. The molecule has 1 aliphatic heterocycles. The third kappa shape index (κ3) is 5.37. The summed E-state index contributed by atoms with van der Waals surface area (Å²) in [5.74, 6) is 1.10.